The summed E-state index contributed by atoms with van der Waals surface area (Å²) in [6.45, 7) is 0.183. The van der Waals surface area contributed by atoms with Gasteiger partial charge in [-0.3, -0.25) is 0 Å². The van der Waals surface area contributed by atoms with Gasteiger partial charge in [-0.05, 0) is 27.6 Å². The van der Waals surface area contributed by atoms with Gasteiger partial charge in [-0.1, -0.05) is 30.3 Å². The van der Waals surface area contributed by atoms with Crippen molar-refractivity contribution in [1.82, 2.24) is 0 Å². The summed E-state index contributed by atoms with van der Waals surface area (Å²) in [5.74, 6) is 0.680. The molecule has 0 unspecified atom stereocenters. The van der Waals surface area contributed by atoms with Gasteiger partial charge in [0.2, 0.25) is 5.75 Å². The highest BCUT2D eigenvalue weighted by atomic mass is 79.9. The van der Waals surface area contributed by atoms with Gasteiger partial charge in [0.05, 0.1) is 31.4 Å². The molecule has 6 heteroatoms. The zero-order valence-corrected chi connectivity index (χ0v) is 14.7. The predicted molar refractivity (Wildman–Crippen MR) is 89.4 cm³/mol. The first-order chi connectivity index (χ1) is 11.1. The first-order valence-electron chi connectivity index (χ1n) is 6.81. The Bertz CT molecular complexity index is 685. The molecule has 5 nitrogen and oxygen atoms in total. The average Bonchev–Trinajstić information content (AvgIpc) is 2.59. The van der Waals surface area contributed by atoms with E-state index in [0.717, 1.165) is 5.56 Å². The minimum Gasteiger partial charge on any atom is -0.493 e. The van der Waals surface area contributed by atoms with Crippen molar-refractivity contribution in [2.24, 2.45) is 0 Å². The molecule has 0 aliphatic carbocycles. The van der Waals surface area contributed by atoms with Gasteiger partial charge < -0.3 is 18.9 Å². The van der Waals surface area contributed by atoms with Crippen LogP contribution in [0.25, 0.3) is 0 Å². The monoisotopic (exact) mass is 380 g/mol. The van der Waals surface area contributed by atoms with E-state index >= 15 is 0 Å². The van der Waals surface area contributed by atoms with Crippen LogP contribution in [0.15, 0.2) is 40.9 Å². The van der Waals surface area contributed by atoms with Crippen molar-refractivity contribution in [3.05, 3.63) is 52.0 Å². The molecule has 0 bridgehead atoms. The van der Waals surface area contributed by atoms with Crippen molar-refractivity contribution >= 4 is 21.9 Å². The second kappa shape index (κ2) is 7.87. The molecule has 122 valence electrons. The fraction of sp³-hybridized carbons (Fsp3) is 0.235. The number of carbonyl (C=O) groups is 1. The van der Waals surface area contributed by atoms with E-state index in [9.17, 15) is 4.79 Å². The summed E-state index contributed by atoms with van der Waals surface area (Å²) in [5, 5.41) is 0. The lowest BCUT2D eigenvalue weighted by Crippen LogP contribution is -2.08. The summed E-state index contributed by atoms with van der Waals surface area (Å²) in [6.07, 6.45) is 0. The summed E-state index contributed by atoms with van der Waals surface area (Å²) in [7, 11) is 4.48. The Kier molecular flexibility index (Phi) is 5.87. The molecule has 0 aromatic heterocycles. The molecule has 2 aromatic carbocycles. The van der Waals surface area contributed by atoms with E-state index in [1.165, 1.54) is 21.3 Å². The molecule has 0 fully saturated rings. The number of rotatable bonds is 6. The summed E-state index contributed by atoms with van der Waals surface area (Å²) in [4.78, 5) is 12.4. The Labute approximate surface area is 143 Å². The highest BCUT2D eigenvalue weighted by Gasteiger charge is 2.23. The van der Waals surface area contributed by atoms with Crippen molar-refractivity contribution in [3.63, 3.8) is 0 Å². The van der Waals surface area contributed by atoms with Gasteiger partial charge >= 0.3 is 5.97 Å². The van der Waals surface area contributed by atoms with E-state index in [1.54, 1.807) is 6.07 Å². The van der Waals surface area contributed by atoms with Crippen LogP contribution in [0.4, 0.5) is 0 Å². The van der Waals surface area contributed by atoms with Crippen LogP contribution in [0, 0.1) is 0 Å². The van der Waals surface area contributed by atoms with Crippen LogP contribution < -0.4 is 14.2 Å². The van der Waals surface area contributed by atoms with Crippen LogP contribution in [-0.4, -0.2) is 27.3 Å². The van der Waals surface area contributed by atoms with Crippen LogP contribution in [-0.2, 0) is 11.3 Å². The molecule has 0 aliphatic heterocycles. The number of methoxy groups -OCH3 is 3. The van der Waals surface area contributed by atoms with E-state index in [-0.39, 0.29) is 6.61 Å². The predicted octanol–water partition coefficient (Wildman–Crippen LogP) is 3.83. The second-order valence-electron chi connectivity index (χ2n) is 4.57. The van der Waals surface area contributed by atoms with E-state index in [4.69, 9.17) is 18.9 Å². The molecular weight excluding hydrogens is 364 g/mol. The second-order valence-corrected chi connectivity index (χ2v) is 5.36. The summed E-state index contributed by atoms with van der Waals surface area (Å²) >= 11 is 3.36. The number of esters is 1. The van der Waals surface area contributed by atoms with Crippen molar-refractivity contribution in [2.75, 3.05) is 21.3 Å². The Hall–Kier alpha value is -2.21. The van der Waals surface area contributed by atoms with Crippen molar-refractivity contribution in [1.29, 1.82) is 0 Å². The number of hydrogen-bond donors (Lipinski definition) is 0. The van der Waals surface area contributed by atoms with Gasteiger partial charge in [-0.15, -0.1) is 0 Å². The van der Waals surface area contributed by atoms with Crippen molar-refractivity contribution < 1.29 is 23.7 Å². The zero-order chi connectivity index (χ0) is 16.8. The number of benzene rings is 2. The van der Waals surface area contributed by atoms with Gasteiger partial charge in [-0.25, -0.2) is 4.79 Å². The lowest BCUT2D eigenvalue weighted by atomic mass is 10.1. The topological polar surface area (TPSA) is 54.0 Å². The largest absolute Gasteiger partial charge is 0.493 e. The Morgan fingerprint density at radius 2 is 1.65 bits per heavy atom. The minimum atomic E-state index is -0.486. The van der Waals surface area contributed by atoms with Gasteiger partial charge in [0.1, 0.15) is 6.61 Å². The summed E-state index contributed by atoms with van der Waals surface area (Å²) < 4.78 is 21.6. The molecule has 0 heterocycles. The molecule has 0 radical (unpaired) electrons. The Balaban J connectivity index is 2.29. The molecule has 23 heavy (non-hydrogen) atoms. The van der Waals surface area contributed by atoms with Crippen LogP contribution in [0.3, 0.4) is 0 Å². The molecule has 2 rings (SSSR count). The molecule has 0 saturated heterocycles. The first kappa shape index (κ1) is 17.1. The molecule has 0 spiro atoms. The normalized spacial score (nSPS) is 10.1. The van der Waals surface area contributed by atoms with Gasteiger partial charge in [0.25, 0.3) is 0 Å². The molecule has 0 amide bonds. The van der Waals surface area contributed by atoms with E-state index < -0.39 is 5.97 Å². The molecule has 0 atom stereocenters. The van der Waals surface area contributed by atoms with Gasteiger partial charge in [-0.2, -0.15) is 0 Å². The standard InChI is InChI=1S/C17H17BrO5/c1-20-13-9-12(14(18)16(22-3)15(13)21-2)17(19)23-10-11-7-5-4-6-8-11/h4-9H,10H2,1-3H3. The highest BCUT2D eigenvalue weighted by molar-refractivity contribution is 9.10. The first-order valence-corrected chi connectivity index (χ1v) is 7.61. The molecule has 0 saturated carbocycles. The third-order valence-corrected chi connectivity index (χ3v) is 3.99. The lowest BCUT2D eigenvalue weighted by molar-refractivity contribution is 0.0470. The van der Waals surface area contributed by atoms with Gasteiger partial charge in [0.15, 0.2) is 11.5 Å². The quantitative estimate of drug-likeness (QED) is 0.712. The maximum atomic E-state index is 12.4. The maximum Gasteiger partial charge on any atom is 0.339 e. The highest BCUT2D eigenvalue weighted by Crippen LogP contribution is 2.44. The Morgan fingerprint density at radius 3 is 2.22 bits per heavy atom. The minimum absolute atomic E-state index is 0.183. The molecule has 0 aliphatic rings. The van der Waals surface area contributed by atoms with Crippen LogP contribution >= 0.6 is 15.9 Å². The SMILES string of the molecule is COc1cc(C(=O)OCc2ccccc2)c(Br)c(OC)c1OC. The van der Waals surface area contributed by atoms with Crippen molar-refractivity contribution in [2.45, 2.75) is 6.61 Å². The van der Waals surface area contributed by atoms with Crippen molar-refractivity contribution in [3.8, 4) is 17.2 Å². The number of halogens is 1. The number of carbonyl (C=O) groups excluding carboxylic acids is 1. The van der Waals surface area contributed by atoms with Crippen LogP contribution in [0.2, 0.25) is 0 Å². The Morgan fingerprint density at radius 1 is 1.00 bits per heavy atom. The summed E-state index contributed by atoms with van der Waals surface area (Å²) in [5.41, 5.74) is 1.21. The summed E-state index contributed by atoms with van der Waals surface area (Å²) in [6, 6.07) is 11.0. The maximum absolute atomic E-state index is 12.4. The molecule has 0 N–H and O–H groups in total. The van der Waals surface area contributed by atoms with Crippen LogP contribution in [0.1, 0.15) is 15.9 Å². The number of ether oxygens (including phenoxy) is 4. The average molecular weight is 381 g/mol. The lowest BCUT2D eigenvalue weighted by Gasteiger charge is -2.16. The zero-order valence-electron chi connectivity index (χ0n) is 13.1. The third-order valence-electron chi connectivity index (χ3n) is 3.20. The third kappa shape index (κ3) is 3.76. The smallest absolute Gasteiger partial charge is 0.339 e. The number of hydrogen-bond acceptors (Lipinski definition) is 5. The van der Waals surface area contributed by atoms with E-state index in [0.29, 0.717) is 27.3 Å². The van der Waals surface area contributed by atoms with Gasteiger partial charge in [0, 0.05) is 0 Å². The fourth-order valence-electron chi connectivity index (χ4n) is 2.07. The van der Waals surface area contributed by atoms with E-state index in [2.05, 4.69) is 15.9 Å². The van der Waals surface area contributed by atoms with Crippen LogP contribution in [0.5, 0.6) is 17.2 Å². The fourth-order valence-corrected chi connectivity index (χ4v) is 2.69. The van der Waals surface area contributed by atoms with E-state index in [1.807, 2.05) is 30.3 Å². The molecular formula is C17H17BrO5. The molecule has 2 aromatic rings.